The van der Waals surface area contributed by atoms with Crippen molar-refractivity contribution in [1.82, 2.24) is 0 Å². The third-order valence-electron chi connectivity index (χ3n) is 1.90. The normalized spacial score (nSPS) is 9.61. The van der Waals surface area contributed by atoms with Crippen molar-refractivity contribution in [3.63, 3.8) is 0 Å². The molecule has 0 bridgehead atoms. The molecular formula is C8H3BF3KNO4. The van der Waals surface area contributed by atoms with E-state index in [-0.39, 0.29) is 51.4 Å². The van der Waals surface area contributed by atoms with Gasteiger partial charge in [0, 0.05) is 0 Å². The number of ether oxygens (including phenoxy) is 1. The molecule has 0 saturated heterocycles. The minimum absolute atomic E-state index is 0. The van der Waals surface area contributed by atoms with Gasteiger partial charge in [-0.1, -0.05) is 0 Å². The summed E-state index contributed by atoms with van der Waals surface area (Å²) in [5, 5.41) is 10.4. The van der Waals surface area contributed by atoms with Gasteiger partial charge in [-0.3, -0.25) is 10.1 Å². The van der Waals surface area contributed by atoms with Crippen molar-refractivity contribution < 1.29 is 79.0 Å². The predicted octanol–water partition coefficient (Wildman–Crippen LogP) is -2.40. The van der Waals surface area contributed by atoms with E-state index in [4.69, 9.17) is 7.85 Å². The molecule has 0 heterocycles. The number of esters is 1. The molecule has 0 N–H and O–H groups in total. The molecule has 1 rings (SSSR count). The predicted molar refractivity (Wildman–Crippen MR) is 49.7 cm³/mol. The van der Waals surface area contributed by atoms with Gasteiger partial charge < -0.3 is 12.6 Å². The molecule has 1 aromatic carbocycles. The molecule has 0 unspecified atom stereocenters. The van der Waals surface area contributed by atoms with Crippen molar-refractivity contribution in [2.24, 2.45) is 0 Å². The molecule has 0 aliphatic carbocycles. The molecule has 5 nitrogen and oxygen atoms in total. The molecular weight excluding hydrogens is 281 g/mol. The van der Waals surface area contributed by atoms with Crippen LogP contribution in [0.25, 0.3) is 0 Å². The maximum Gasteiger partial charge on any atom is 1.00 e. The van der Waals surface area contributed by atoms with Gasteiger partial charge in [0.05, 0.1) is 12.0 Å². The monoisotopic (exact) mass is 284 g/mol. The van der Waals surface area contributed by atoms with Crippen molar-refractivity contribution in [3.8, 4) is 0 Å². The zero-order chi connectivity index (χ0) is 13.3. The standard InChI is InChI=1S/C8H3BF3NO4.K/c1-17-8(14)2-4(10)3(9)6(12)7(5(2)11)13(15)16;/h1H3;/q-1;+1. The van der Waals surface area contributed by atoms with Gasteiger partial charge in [0.15, 0.2) is 5.82 Å². The van der Waals surface area contributed by atoms with Crippen LogP contribution in [0.2, 0.25) is 0 Å². The Balaban J connectivity index is 0.00000289. The Morgan fingerprint density at radius 1 is 1.28 bits per heavy atom. The molecule has 0 aliphatic rings. The van der Waals surface area contributed by atoms with Gasteiger partial charge >= 0.3 is 63.0 Å². The third-order valence-corrected chi connectivity index (χ3v) is 1.90. The molecule has 0 atom stereocenters. The Hall–Kier alpha value is -0.419. The number of carbonyl (C=O) groups excluding carboxylic acids is 1. The molecule has 18 heavy (non-hydrogen) atoms. The molecule has 0 spiro atoms. The van der Waals surface area contributed by atoms with Gasteiger partial charge in [0.1, 0.15) is 11.4 Å². The average Bonchev–Trinajstić information content (AvgIpc) is 2.25. The van der Waals surface area contributed by atoms with E-state index in [9.17, 15) is 28.1 Å². The topological polar surface area (TPSA) is 69.4 Å². The van der Waals surface area contributed by atoms with Gasteiger partial charge in [-0.25, -0.2) is 19.0 Å². The molecule has 0 fully saturated rings. The number of hydrogen-bond donors (Lipinski definition) is 0. The number of nitrogens with zero attached hydrogens (tertiary/aromatic N) is 1. The number of nitro groups is 1. The quantitative estimate of drug-likeness (QED) is 0.263. The summed E-state index contributed by atoms with van der Waals surface area (Å²) in [6.07, 6.45) is 0. The second kappa shape index (κ2) is 6.66. The summed E-state index contributed by atoms with van der Waals surface area (Å²) < 4.78 is 43.8. The Kier molecular flexibility index (Phi) is 6.51. The molecule has 0 aromatic heterocycles. The number of methoxy groups -OCH3 is 1. The number of nitro benzene ring substituents is 1. The second-order valence-corrected chi connectivity index (χ2v) is 2.83. The number of halogens is 3. The number of rotatable bonds is 2. The van der Waals surface area contributed by atoms with Crippen LogP contribution >= 0.6 is 0 Å². The number of hydrogen-bond acceptors (Lipinski definition) is 4. The van der Waals surface area contributed by atoms with E-state index >= 15 is 0 Å². The van der Waals surface area contributed by atoms with Crippen molar-refractivity contribution in [3.05, 3.63) is 33.1 Å². The van der Waals surface area contributed by atoms with Gasteiger partial charge in [0.25, 0.3) is 0 Å². The molecule has 0 saturated carbocycles. The number of carbonyl (C=O) groups is 1. The van der Waals surface area contributed by atoms with E-state index in [0.717, 1.165) is 7.11 Å². The number of benzene rings is 1. The van der Waals surface area contributed by atoms with E-state index in [1.807, 2.05) is 0 Å². The maximum absolute atomic E-state index is 13.4. The van der Waals surface area contributed by atoms with Crippen LogP contribution in [0.15, 0.2) is 0 Å². The second-order valence-electron chi connectivity index (χ2n) is 2.83. The Morgan fingerprint density at radius 3 is 2.17 bits per heavy atom. The van der Waals surface area contributed by atoms with Gasteiger partial charge in [-0.2, -0.15) is 4.39 Å². The average molecular weight is 284 g/mol. The summed E-state index contributed by atoms with van der Waals surface area (Å²) in [7, 11) is 5.65. The Bertz CT molecular complexity index is 526. The molecule has 0 aliphatic heterocycles. The largest absolute Gasteiger partial charge is 1.00 e. The van der Waals surface area contributed by atoms with Crippen LogP contribution in [0.5, 0.6) is 0 Å². The van der Waals surface area contributed by atoms with Crippen molar-refractivity contribution in [1.29, 1.82) is 0 Å². The Morgan fingerprint density at radius 2 is 1.78 bits per heavy atom. The van der Waals surface area contributed by atoms with Crippen molar-refractivity contribution in [2.75, 3.05) is 7.11 Å². The van der Waals surface area contributed by atoms with Crippen LogP contribution in [0.3, 0.4) is 0 Å². The first-order valence-corrected chi connectivity index (χ1v) is 4.01. The molecule has 10 heteroatoms. The molecule has 0 amide bonds. The smallest absolute Gasteiger partial charge is 0.572 e. The zero-order valence-corrected chi connectivity index (χ0v) is 12.4. The summed E-state index contributed by atoms with van der Waals surface area (Å²) in [5.74, 6) is -7.11. The fourth-order valence-electron chi connectivity index (χ4n) is 1.11. The summed E-state index contributed by atoms with van der Waals surface area (Å²) in [4.78, 5) is 19.9. The third kappa shape index (κ3) is 2.94. The molecule has 89 valence electrons. The van der Waals surface area contributed by atoms with Gasteiger partial charge in [-0.15, -0.1) is 0 Å². The molecule has 3 radical (unpaired) electrons. The van der Waals surface area contributed by atoms with Crippen LogP contribution in [0, 0.1) is 27.6 Å². The maximum atomic E-state index is 13.4. The first-order valence-electron chi connectivity index (χ1n) is 4.01. The Labute approximate surface area is 143 Å². The summed E-state index contributed by atoms with van der Waals surface area (Å²) >= 11 is 0. The van der Waals surface area contributed by atoms with E-state index in [1.165, 1.54) is 0 Å². The fourth-order valence-corrected chi connectivity index (χ4v) is 1.11. The van der Waals surface area contributed by atoms with Crippen LogP contribution < -0.4 is 56.8 Å². The SMILES string of the molecule is [B-]c1c(F)c(C(=O)OC)c(F)c([N+](=O)[O-])c1F.[K+]. The van der Waals surface area contributed by atoms with Crippen molar-refractivity contribution >= 4 is 25.0 Å². The van der Waals surface area contributed by atoms with Crippen molar-refractivity contribution in [2.45, 2.75) is 0 Å². The van der Waals surface area contributed by atoms with E-state index < -0.39 is 45.1 Å². The first kappa shape index (κ1) is 17.6. The van der Waals surface area contributed by atoms with Crippen LogP contribution in [0.4, 0.5) is 18.9 Å². The zero-order valence-electron chi connectivity index (χ0n) is 9.29. The molecule has 1 aromatic rings. The minimum Gasteiger partial charge on any atom is -0.572 e. The van der Waals surface area contributed by atoms with Crippen LogP contribution in [0.1, 0.15) is 10.4 Å². The van der Waals surface area contributed by atoms with Gasteiger partial charge in [-0.05, 0) is 0 Å². The summed E-state index contributed by atoms with van der Waals surface area (Å²) in [6.45, 7) is 0. The minimum atomic E-state index is -1.97. The van der Waals surface area contributed by atoms with Crippen LogP contribution in [-0.4, -0.2) is 25.8 Å². The summed E-state index contributed by atoms with van der Waals surface area (Å²) in [5.41, 5.74) is -4.43. The van der Waals surface area contributed by atoms with Crippen LogP contribution in [-0.2, 0) is 4.74 Å². The van der Waals surface area contributed by atoms with E-state index in [2.05, 4.69) is 4.74 Å². The van der Waals surface area contributed by atoms with E-state index in [0.29, 0.717) is 0 Å². The van der Waals surface area contributed by atoms with Gasteiger partial charge in [0.2, 0.25) is 5.82 Å². The fraction of sp³-hybridized carbons (Fsp3) is 0.125. The van der Waals surface area contributed by atoms with E-state index in [1.54, 1.807) is 0 Å². The summed E-state index contributed by atoms with van der Waals surface area (Å²) in [6, 6.07) is 0. The first-order chi connectivity index (χ1) is 7.82.